The van der Waals surface area contributed by atoms with Crippen LogP contribution in [0.15, 0.2) is 28.5 Å². The largest absolute Gasteiger partial charge is 0.493 e. The fraction of sp³-hybridized carbons (Fsp3) is 0.524. The molecule has 0 radical (unpaired) electrons. The van der Waals surface area contributed by atoms with Crippen molar-refractivity contribution in [2.45, 2.75) is 49.4 Å². The summed E-state index contributed by atoms with van der Waals surface area (Å²) in [6.07, 6.45) is 3.62. The first-order valence-corrected chi connectivity index (χ1v) is 11.9. The second-order valence-corrected chi connectivity index (χ2v) is 9.43. The predicted molar refractivity (Wildman–Crippen MR) is 112 cm³/mol. The average molecular weight is 436 g/mol. The molecule has 2 aliphatic rings. The summed E-state index contributed by atoms with van der Waals surface area (Å²) in [5.41, 5.74) is 1.29. The fourth-order valence-corrected chi connectivity index (χ4v) is 5.85. The maximum atomic E-state index is 11.1. The van der Waals surface area contributed by atoms with Crippen molar-refractivity contribution in [1.82, 2.24) is 4.98 Å². The van der Waals surface area contributed by atoms with E-state index in [2.05, 4.69) is 30.3 Å². The highest BCUT2D eigenvalue weighted by molar-refractivity contribution is 7.98. The molecule has 0 unspecified atom stereocenters. The number of fused-ring (bicyclic) bond motifs is 1. The van der Waals surface area contributed by atoms with Gasteiger partial charge in [0.2, 0.25) is 0 Å². The standard InChI is InChI=1S/C21H25NO5S2/c1-11-3-4-12(7-19(11)28-2)26-9-14-13-5-6-17(27-18(13)8-16(14)23)20-22-15(10-29-20)21(24)25/h3-4,7,10,13-14,16-18,23H,5-6,8-9H2,1-2H3,(H,24,25)/t13-,14-,16+,17-,18+/m1/s1. The van der Waals surface area contributed by atoms with E-state index in [9.17, 15) is 9.90 Å². The fourth-order valence-electron chi connectivity index (χ4n) is 4.36. The lowest BCUT2D eigenvalue weighted by Gasteiger charge is -2.33. The lowest BCUT2D eigenvalue weighted by Crippen LogP contribution is -2.33. The number of carbonyl (C=O) groups is 1. The molecule has 8 heteroatoms. The SMILES string of the molecule is CSc1cc(OC[C@@H]2[C@H]3CC[C@H](c4nc(C(=O)O)cs4)O[C@H]3C[C@@H]2O)ccc1C. The number of carboxylic acids is 1. The molecule has 1 aliphatic carbocycles. The number of benzene rings is 1. The van der Waals surface area contributed by atoms with Crippen LogP contribution in [0.25, 0.3) is 0 Å². The Kier molecular flexibility index (Phi) is 6.15. The van der Waals surface area contributed by atoms with Gasteiger partial charge >= 0.3 is 5.97 Å². The zero-order chi connectivity index (χ0) is 20.5. The molecule has 6 nitrogen and oxygen atoms in total. The van der Waals surface area contributed by atoms with E-state index in [0.29, 0.717) is 18.0 Å². The van der Waals surface area contributed by atoms with E-state index in [1.165, 1.54) is 21.8 Å². The van der Waals surface area contributed by atoms with Crippen molar-refractivity contribution in [3.63, 3.8) is 0 Å². The molecule has 2 heterocycles. The first-order chi connectivity index (χ1) is 14.0. The highest BCUT2D eigenvalue weighted by atomic mass is 32.2. The van der Waals surface area contributed by atoms with E-state index in [1.54, 1.807) is 17.1 Å². The molecule has 1 aliphatic heterocycles. The minimum atomic E-state index is -1.02. The molecular formula is C21H25NO5S2. The number of nitrogens with zero attached hydrogens (tertiary/aromatic N) is 1. The van der Waals surface area contributed by atoms with Crippen LogP contribution in [-0.4, -0.2) is 46.2 Å². The molecule has 0 bridgehead atoms. The molecule has 1 aromatic carbocycles. The van der Waals surface area contributed by atoms with Crippen LogP contribution in [0.4, 0.5) is 0 Å². The Balaban J connectivity index is 1.39. The summed E-state index contributed by atoms with van der Waals surface area (Å²) in [5.74, 6) is 0.0843. The van der Waals surface area contributed by atoms with Crippen molar-refractivity contribution < 1.29 is 24.5 Å². The van der Waals surface area contributed by atoms with Gasteiger partial charge in [0, 0.05) is 22.6 Å². The summed E-state index contributed by atoms with van der Waals surface area (Å²) in [5, 5.41) is 22.0. The molecule has 0 spiro atoms. The summed E-state index contributed by atoms with van der Waals surface area (Å²) < 4.78 is 12.3. The van der Waals surface area contributed by atoms with Crippen molar-refractivity contribution in [2.24, 2.45) is 11.8 Å². The van der Waals surface area contributed by atoms with Gasteiger partial charge in [-0.25, -0.2) is 9.78 Å². The van der Waals surface area contributed by atoms with Gasteiger partial charge in [-0.05, 0) is 49.6 Å². The molecule has 2 N–H and O–H groups in total. The molecule has 4 rings (SSSR count). The topological polar surface area (TPSA) is 88.9 Å². The second kappa shape index (κ2) is 8.63. The molecule has 29 heavy (non-hydrogen) atoms. The van der Waals surface area contributed by atoms with Crippen LogP contribution in [0.1, 0.15) is 46.4 Å². The lowest BCUT2D eigenvalue weighted by molar-refractivity contribution is -0.0811. The third-order valence-corrected chi connectivity index (χ3v) is 7.75. The normalized spacial score (nSPS) is 28.9. The van der Waals surface area contributed by atoms with Crippen LogP contribution in [0, 0.1) is 18.8 Å². The molecule has 156 valence electrons. The van der Waals surface area contributed by atoms with Crippen molar-refractivity contribution in [2.75, 3.05) is 12.9 Å². The van der Waals surface area contributed by atoms with Gasteiger partial charge in [0.25, 0.3) is 0 Å². The second-order valence-electron chi connectivity index (χ2n) is 7.69. The highest BCUT2D eigenvalue weighted by Crippen LogP contribution is 2.46. The van der Waals surface area contributed by atoms with Crippen molar-refractivity contribution in [3.8, 4) is 5.75 Å². The monoisotopic (exact) mass is 435 g/mol. The molecule has 1 aromatic heterocycles. The summed E-state index contributed by atoms with van der Waals surface area (Å²) in [6.45, 7) is 2.55. The predicted octanol–water partition coefficient (Wildman–Crippen LogP) is 4.17. The number of thiazole rings is 1. The van der Waals surface area contributed by atoms with Gasteiger partial charge in [-0.3, -0.25) is 0 Å². The van der Waals surface area contributed by atoms with Crippen LogP contribution >= 0.6 is 23.1 Å². The maximum absolute atomic E-state index is 11.1. The van der Waals surface area contributed by atoms with Gasteiger partial charge in [0.05, 0.1) is 18.8 Å². The van der Waals surface area contributed by atoms with Gasteiger partial charge < -0.3 is 19.7 Å². The Morgan fingerprint density at radius 2 is 2.24 bits per heavy atom. The number of aliphatic hydroxyl groups excluding tert-OH is 1. The maximum Gasteiger partial charge on any atom is 0.355 e. The summed E-state index contributed by atoms with van der Waals surface area (Å²) in [6, 6.07) is 6.08. The lowest BCUT2D eigenvalue weighted by atomic mass is 9.87. The van der Waals surface area contributed by atoms with Crippen LogP contribution in [0.3, 0.4) is 0 Å². The average Bonchev–Trinajstić information content (AvgIpc) is 3.31. The first-order valence-electron chi connectivity index (χ1n) is 9.76. The zero-order valence-corrected chi connectivity index (χ0v) is 18.0. The van der Waals surface area contributed by atoms with E-state index in [-0.39, 0.29) is 29.7 Å². The summed E-state index contributed by atoms with van der Waals surface area (Å²) >= 11 is 3.02. The van der Waals surface area contributed by atoms with Gasteiger partial charge in [0.1, 0.15) is 16.9 Å². The number of carboxylic acid groups (broad SMARTS) is 1. The number of hydrogen-bond donors (Lipinski definition) is 2. The summed E-state index contributed by atoms with van der Waals surface area (Å²) in [7, 11) is 0. The Morgan fingerprint density at radius 1 is 1.41 bits per heavy atom. The molecule has 2 fully saturated rings. The number of rotatable bonds is 6. The smallest absolute Gasteiger partial charge is 0.355 e. The Bertz CT molecular complexity index is 886. The minimum Gasteiger partial charge on any atom is -0.493 e. The quantitative estimate of drug-likeness (QED) is 0.658. The van der Waals surface area contributed by atoms with E-state index in [4.69, 9.17) is 14.6 Å². The first kappa shape index (κ1) is 20.7. The van der Waals surface area contributed by atoms with Crippen molar-refractivity contribution in [1.29, 1.82) is 0 Å². The van der Waals surface area contributed by atoms with E-state index >= 15 is 0 Å². The van der Waals surface area contributed by atoms with Crippen molar-refractivity contribution >= 4 is 29.1 Å². The molecule has 2 aromatic rings. The number of ether oxygens (including phenoxy) is 2. The molecular weight excluding hydrogens is 410 g/mol. The van der Waals surface area contributed by atoms with Crippen LogP contribution in [0.2, 0.25) is 0 Å². The van der Waals surface area contributed by atoms with Crippen LogP contribution < -0.4 is 4.74 Å². The number of aliphatic hydroxyl groups is 1. The minimum absolute atomic E-state index is 0.0332. The Morgan fingerprint density at radius 3 is 2.97 bits per heavy atom. The number of aryl methyl sites for hydroxylation is 1. The number of hydrogen-bond acceptors (Lipinski definition) is 7. The molecule has 0 amide bonds. The van der Waals surface area contributed by atoms with Crippen LogP contribution in [-0.2, 0) is 4.74 Å². The number of aromatic carboxylic acids is 1. The van der Waals surface area contributed by atoms with Gasteiger partial charge in [0.15, 0.2) is 5.69 Å². The van der Waals surface area contributed by atoms with E-state index in [0.717, 1.165) is 18.6 Å². The Labute approximate surface area is 178 Å². The Hall–Kier alpha value is -1.61. The van der Waals surface area contributed by atoms with E-state index < -0.39 is 12.1 Å². The number of aromatic nitrogens is 1. The van der Waals surface area contributed by atoms with Gasteiger partial charge in [-0.15, -0.1) is 23.1 Å². The summed E-state index contributed by atoms with van der Waals surface area (Å²) in [4.78, 5) is 16.5. The molecule has 1 saturated carbocycles. The van der Waals surface area contributed by atoms with Crippen LogP contribution in [0.5, 0.6) is 5.75 Å². The molecule has 5 atom stereocenters. The third kappa shape index (κ3) is 4.30. The van der Waals surface area contributed by atoms with Crippen molar-refractivity contribution in [3.05, 3.63) is 39.8 Å². The molecule has 1 saturated heterocycles. The highest BCUT2D eigenvalue weighted by Gasteiger charge is 2.47. The van der Waals surface area contributed by atoms with Gasteiger partial charge in [-0.2, -0.15) is 0 Å². The number of thioether (sulfide) groups is 1. The van der Waals surface area contributed by atoms with Gasteiger partial charge in [-0.1, -0.05) is 6.07 Å². The third-order valence-electron chi connectivity index (χ3n) is 5.94. The van der Waals surface area contributed by atoms with E-state index in [1.807, 2.05) is 6.07 Å². The zero-order valence-electron chi connectivity index (χ0n) is 16.4.